The van der Waals surface area contributed by atoms with E-state index >= 15 is 0 Å². The van der Waals surface area contributed by atoms with Crippen molar-refractivity contribution in [3.63, 3.8) is 0 Å². The van der Waals surface area contributed by atoms with Crippen molar-refractivity contribution in [3.05, 3.63) is 33.3 Å². The quantitative estimate of drug-likeness (QED) is 0.592. The van der Waals surface area contributed by atoms with E-state index in [1.54, 1.807) is 0 Å². The predicted octanol–water partition coefficient (Wildman–Crippen LogP) is 3.30. The molecule has 0 aromatic heterocycles. The van der Waals surface area contributed by atoms with Crippen molar-refractivity contribution in [1.29, 1.82) is 0 Å². The van der Waals surface area contributed by atoms with Crippen LogP contribution in [0.1, 0.15) is 26.2 Å². The second-order valence-electron chi connectivity index (χ2n) is 4.10. The number of carboxylic acids is 1. The third-order valence-electron chi connectivity index (χ3n) is 2.63. The van der Waals surface area contributed by atoms with Crippen molar-refractivity contribution in [1.82, 2.24) is 0 Å². The van der Waals surface area contributed by atoms with Gasteiger partial charge in [-0.1, -0.05) is 31.4 Å². The molecular formula is C12H15ClN2O4. The maximum Gasteiger partial charge on any atom is 0.326 e. The fraction of sp³-hybridized carbons (Fsp3) is 0.417. The number of unbranched alkanes of at least 4 members (excludes halogenated alkanes) is 1. The number of hydrogen-bond acceptors (Lipinski definition) is 4. The topological polar surface area (TPSA) is 92.5 Å². The highest BCUT2D eigenvalue weighted by molar-refractivity contribution is 6.31. The van der Waals surface area contributed by atoms with Crippen LogP contribution in [0.25, 0.3) is 0 Å². The Hall–Kier alpha value is -1.82. The Kier molecular flexibility index (Phi) is 5.57. The summed E-state index contributed by atoms with van der Waals surface area (Å²) in [6.45, 7) is 1.95. The largest absolute Gasteiger partial charge is 0.480 e. The molecule has 0 saturated heterocycles. The summed E-state index contributed by atoms with van der Waals surface area (Å²) in [5.74, 6) is -1.04. The SMILES string of the molecule is CCCCC(Nc1cc(Cl)ccc1[N+](=O)[O-])C(=O)O. The molecule has 0 aliphatic rings. The number of nitrogens with zero attached hydrogens (tertiary/aromatic N) is 1. The van der Waals surface area contributed by atoms with Gasteiger partial charge in [0, 0.05) is 11.1 Å². The number of nitro benzene ring substituents is 1. The van der Waals surface area contributed by atoms with Crippen molar-refractivity contribution in [2.75, 3.05) is 5.32 Å². The number of benzene rings is 1. The Labute approximate surface area is 115 Å². The molecule has 0 radical (unpaired) electrons. The molecule has 19 heavy (non-hydrogen) atoms. The van der Waals surface area contributed by atoms with Crippen LogP contribution in [-0.2, 0) is 4.79 Å². The van der Waals surface area contributed by atoms with Gasteiger partial charge in [-0.05, 0) is 18.6 Å². The Morgan fingerprint density at radius 3 is 2.79 bits per heavy atom. The first kappa shape index (κ1) is 15.2. The lowest BCUT2D eigenvalue weighted by Crippen LogP contribution is -2.29. The van der Waals surface area contributed by atoms with Crippen molar-refractivity contribution in [2.24, 2.45) is 0 Å². The summed E-state index contributed by atoms with van der Waals surface area (Å²) >= 11 is 5.78. The Bertz CT molecular complexity index is 479. The van der Waals surface area contributed by atoms with Gasteiger partial charge >= 0.3 is 5.97 Å². The van der Waals surface area contributed by atoms with Crippen LogP contribution in [0.4, 0.5) is 11.4 Å². The number of rotatable bonds is 7. The Morgan fingerprint density at radius 1 is 1.58 bits per heavy atom. The molecule has 1 aromatic rings. The average molecular weight is 287 g/mol. The maximum absolute atomic E-state index is 11.1. The van der Waals surface area contributed by atoms with E-state index in [-0.39, 0.29) is 11.4 Å². The lowest BCUT2D eigenvalue weighted by atomic mass is 10.1. The van der Waals surface area contributed by atoms with Crippen molar-refractivity contribution in [2.45, 2.75) is 32.2 Å². The van der Waals surface area contributed by atoms with Crippen LogP contribution in [0, 0.1) is 10.1 Å². The molecule has 2 N–H and O–H groups in total. The molecule has 0 bridgehead atoms. The zero-order valence-corrected chi connectivity index (χ0v) is 11.2. The van der Waals surface area contributed by atoms with Crippen LogP contribution < -0.4 is 5.32 Å². The maximum atomic E-state index is 11.1. The first-order chi connectivity index (χ1) is 8.95. The van der Waals surface area contributed by atoms with E-state index in [4.69, 9.17) is 16.7 Å². The molecule has 1 rings (SSSR count). The molecule has 0 spiro atoms. The molecule has 0 saturated carbocycles. The van der Waals surface area contributed by atoms with E-state index in [0.717, 1.165) is 12.8 Å². The van der Waals surface area contributed by atoms with Gasteiger partial charge in [0.1, 0.15) is 11.7 Å². The normalized spacial score (nSPS) is 11.9. The van der Waals surface area contributed by atoms with Crippen LogP contribution in [0.3, 0.4) is 0 Å². The van der Waals surface area contributed by atoms with Gasteiger partial charge in [-0.3, -0.25) is 10.1 Å². The lowest BCUT2D eigenvalue weighted by molar-refractivity contribution is -0.384. The summed E-state index contributed by atoms with van der Waals surface area (Å²) in [6, 6.07) is 3.15. The van der Waals surface area contributed by atoms with Gasteiger partial charge < -0.3 is 10.4 Å². The zero-order chi connectivity index (χ0) is 14.4. The highest BCUT2D eigenvalue weighted by atomic mass is 35.5. The number of halogens is 1. The standard InChI is InChI=1S/C12H15ClN2O4/c1-2-3-4-9(12(16)17)14-10-7-8(13)5-6-11(10)15(18)19/h5-7,9,14H,2-4H2,1H3,(H,16,17). The minimum absolute atomic E-state index is 0.126. The van der Waals surface area contributed by atoms with Gasteiger partial charge in [0.15, 0.2) is 0 Å². The molecule has 1 unspecified atom stereocenters. The summed E-state index contributed by atoms with van der Waals surface area (Å²) in [7, 11) is 0. The van der Waals surface area contributed by atoms with E-state index in [1.165, 1.54) is 18.2 Å². The molecule has 0 amide bonds. The van der Waals surface area contributed by atoms with E-state index in [9.17, 15) is 14.9 Å². The highest BCUT2D eigenvalue weighted by Gasteiger charge is 2.21. The van der Waals surface area contributed by atoms with Crippen LogP contribution in [0.5, 0.6) is 0 Å². The second-order valence-corrected chi connectivity index (χ2v) is 4.53. The second kappa shape index (κ2) is 6.94. The van der Waals surface area contributed by atoms with Gasteiger partial charge in [0.05, 0.1) is 4.92 Å². The van der Waals surface area contributed by atoms with Gasteiger partial charge in [-0.25, -0.2) is 4.79 Å². The minimum Gasteiger partial charge on any atom is -0.480 e. The van der Waals surface area contributed by atoms with Crippen molar-refractivity contribution in [3.8, 4) is 0 Å². The third-order valence-corrected chi connectivity index (χ3v) is 2.86. The molecule has 6 nitrogen and oxygen atoms in total. The van der Waals surface area contributed by atoms with Gasteiger partial charge in [0.2, 0.25) is 0 Å². The van der Waals surface area contributed by atoms with Crippen molar-refractivity contribution >= 4 is 28.9 Å². The van der Waals surface area contributed by atoms with Crippen LogP contribution in [0.15, 0.2) is 18.2 Å². The predicted molar refractivity (Wildman–Crippen MR) is 72.7 cm³/mol. The number of aliphatic carboxylic acids is 1. The molecule has 1 atom stereocenters. The molecule has 0 heterocycles. The first-order valence-electron chi connectivity index (χ1n) is 5.89. The van der Waals surface area contributed by atoms with E-state index in [0.29, 0.717) is 11.4 Å². The fourth-order valence-electron chi connectivity index (χ4n) is 1.64. The van der Waals surface area contributed by atoms with E-state index < -0.39 is 16.9 Å². The van der Waals surface area contributed by atoms with E-state index in [1.807, 2.05) is 6.92 Å². The van der Waals surface area contributed by atoms with Gasteiger partial charge in [-0.2, -0.15) is 0 Å². The molecule has 0 aliphatic heterocycles. The fourth-order valence-corrected chi connectivity index (χ4v) is 1.81. The average Bonchev–Trinajstić information content (AvgIpc) is 2.33. The number of carboxylic acid groups (broad SMARTS) is 1. The van der Waals surface area contributed by atoms with Crippen LogP contribution in [0.2, 0.25) is 5.02 Å². The summed E-state index contributed by atoms with van der Waals surface area (Å²) in [4.78, 5) is 21.4. The number of nitro groups is 1. The molecule has 1 aromatic carbocycles. The molecule has 7 heteroatoms. The first-order valence-corrected chi connectivity index (χ1v) is 6.26. The zero-order valence-electron chi connectivity index (χ0n) is 10.4. The van der Waals surface area contributed by atoms with E-state index in [2.05, 4.69) is 5.32 Å². The number of hydrogen-bond donors (Lipinski definition) is 2. The Balaban J connectivity index is 2.97. The third kappa shape index (κ3) is 4.40. The molecule has 104 valence electrons. The van der Waals surface area contributed by atoms with Crippen LogP contribution in [-0.4, -0.2) is 22.0 Å². The van der Waals surface area contributed by atoms with Gasteiger partial charge in [0.25, 0.3) is 5.69 Å². The smallest absolute Gasteiger partial charge is 0.326 e. The molecule has 0 fully saturated rings. The summed E-state index contributed by atoms with van der Waals surface area (Å²) in [5.41, 5.74) is -0.0619. The summed E-state index contributed by atoms with van der Waals surface area (Å²) in [5, 5.41) is 23.0. The number of nitrogens with one attached hydrogen (secondary N) is 1. The number of anilines is 1. The Morgan fingerprint density at radius 2 is 2.26 bits per heavy atom. The lowest BCUT2D eigenvalue weighted by Gasteiger charge is -2.15. The number of carbonyl (C=O) groups is 1. The minimum atomic E-state index is -1.04. The monoisotopic (exact) mass is 286 g/mol. The summed E-state index contributed by atoms with van der Waals surface area (Å²) in [6.07, 6.45) is 1.97. The molecule has 0 aliphatic carbocycles. The highest BCUT2D eigenvalue weighted by Crippen LogP contribution is 2.28. The van der Waals surface area contributed by atoms with Crippen LogP contribution >= 0.6 is 11.6 Å². The molecular weight excluding hydrogens is 272 g/mol. The van der Waals surface area contributed by atoms with Gasteiger partial charge in [-0.15, -0.1) is 0 Å². The summed E-state index contributed by atoms with van der Waals surface area (Å²) < 4.78 is 0. The van der Waals surface area contributed by atoms with Crippen molar-refractivity contribution < 1.29 is 14.8 Å².